The van der Waals surface area contributed by atoms with E-state index in [0.717, 1.165) is 16.7 Å². The maximum absolute atomic E-state index is 13.9. The van der Waals surface area contributed by atoms with Gasteiger partial charge in [-0.15, -0.1) is 0 Å². The van der Waals surface area contributed by atoms with Crippen molar-refractivity contribution in [1.82, 2.24) is 10.2 Å². The van der Waals surface area contributed by atoms with Crippen LogP contribution in [-0.4, -0.2) is 28.3 Å². The summed E-state index contributed by atoms with van der Waals surface area (Å²) in [5.41, 5.74) is 3.06. The van der Waals surface area contributed by atoms with Crippen LogP contribution >= 0.6 is 23.2 Å². The zero-order valence-corrected chi connectivity index (χ0v) is 22.2. The summed E-state index contributed by atoms with van der Waals surface area (Å²) in [6.07, 6.45) is 0.535. The maximum atomic E-state index is 13.9. The number of rotatable bonds is 8. The Hall–Kier alpha value is -2.82. The van der Waals surface area contributed by atoms with Crippen molar-refractivity contribution in [3.8, 4) is 0 Å². The van der Waals surface area contributed by atoms with Gasteiger partial charge in [0.25, 0.3) is 0 Å². The Balaban J connectivity index is 2.05. The second kappa shape index (κ2) is 11.7. The highest BCUT2D eigenvalue weighted by molar-refractivity contribution is 6.36. The van der Waals surface area contributed by atoms with E-state index in [0.29, 0.717) is 22.0 Å². The first-order valence-corrected chi connectivity index (χ1v) is 12.4. The molecule has 4 nitrogen and oxygen atoms in total. The summed E-state index contributed by atoms with van der Waals surface area (Å²) in [6, 6.07) is 22.0. The van der Waals surface area contributed by atoms with Crippen LogP contribution in [0.3, 0.4) is 0 Å². The molecule has 3 rings (SSSR count). The minimum atomic E-state index is -0.750. The quantitative estimate of drug-likeness (QED) is 0.381. The Labute approximate surface area is 218 Å². The topological polar surface area (TPSA) is 49.4 Å². The summed E-state index contributed by atoms with van der Waals surface area (Å²) in [5, 5.41) is 3.98. The highest BCUT2D eigenvalue weighted by atomic mass is 35.5. The van der Waals surface area contributed by atoms with Crippen LogP contribution in [0.1, 0.15) is 43.0 Å². The van der Waals surface area contributed by atoms with Gasteiger partial charge in [-0.25, -0.2) is 0 Å². The molecule has 0 radical (unpaired) electrons. The monoisotopic (exact) mass is 510 g/mol. The minimum Gasteiger partial charge on any atom is -0.350 e. The van der Waals surface area contributed by atoms with Gasteiger partial charge in [0.2, 0.25) is 11.8 Å². The van der Waals surface area contributed by atoms with Gasteiger partial charge >= 0.3 is 0 Å². The summed E-state index contributed by atoms with van der Waals surface area (Å²) in [6.45, 7) is 7.88. The highest BCUT2D eigenvalue weighted by Gasteiger charge is 2.33. The third-order valence-corrected chi connectivity index (χ3v) is 6.47. The minimum absolute atomic E-state index is 0.123. The Morgan fingerprint density at radius 3 is 2.09 bits per heavy atom. The molecule has 0 fully saturated rings. The normalized spacial score (nSPS) is 12.2. The maximum Gasteiger partial charge on any atom is 0.243 e. The number of benzene rings is 3. The molecule has 0 aliphatic carbocycles. The standard InChI is InChI=1S/C29H32Cl2N2O2/c1-20-11-8-9-14-22(20)18-27(34)33(19-23-24(30)15-10-16-25(23)31)26(28(35)32-29(2,3)4)17-21-12-6-5-7-13-21/h5-16,26H,17-19H2,1-4H3,(H,32,35)/t26-/m0/s1. The first-order valence-electron chi connectivity index (χ1n) is 11.7. The lowest BCUT2D eigenvalue weighted by atomic mass is 9.99. The van der Waals surface area contributed by atoms with Crippen LogP contribution in [0.4, 0.5) is 0 Å². The van der Waals surface area contributed by atoms with E-state index >= 15 is 0 Å². The molecule has 1 atom stereocenters. The predicted molar refractivity (Wildman–Crippen MR) is 144 cm³/mol. The van der Waals surface area contributed by atoms with E-state index in [1.54, 1.807) is 23.1 Å². The highest BCUT2D eigenvalue weighted by Crippen LogP contribution is 2.28. The Morgan fingerprint density at radius 2 is 1.49 bits per heavy atom. The van der Waals surface area contributed by atoms with E-state index in [1.807, 2.05) is 82.3 Å². The van der Waals surface area contributed by atoms with E-state index in [1.165, 1.54) is 0 Å². The fourth-order valence-corrected chi connectivity index (χ4v) is 4.45. The third-order valence-electron chi connectivity index (χ3n) is 5.76. The van der Waals surface area contributed by atoms with E-state index in [4.69, 9.17) is 23.2 Å². The molecule has 0 saturated heterocycles. The Kier molecular flexibility index (Phi) is 8.98. The first kappa shape index (κ1) is 26.8. The van der Waals surface area contributed by atoms with Crippen molar-refractivity contribution >= 4 is 35.0 Å². The first-order chi connectivity index (χ1) is 16.5. The van der Waals surface area contributed by atoms with Crippen LogP contribution in [0.15, 0.2) is 72.8 Å². The van der Waals surface area contributed by atoms with Gasteiger partial charge in [0.1, 0.15) is 6.04 Å². The summed E-state index contributed by atoms with van der Waals surface area (Å²) in [4.78, 5) is 29.1. The van der Waals surface area contributed by atoms with E-state index in [2.05, 4.69) is 5.32 Å². The predicted octanol–water partition coefficient (Wildman–Crippen LogP) is 6.40. The fourth-order valence-electron chi connectivity index (χ4n) is 3.93. The SMILES string of the molecule is Cc1ccccc1CC(=O)N(Cc1c(Cl)cccc1Cl)[C@@H](Cc1ccccc1)C(=O)NC(C)(C)C. The third kappa shape index (κ3) is 7.58. The van der Waals surface area contributed by atoms with Crippen LogP contribution in [-0.2, 0) is 29.0 Å². The van der Waals surface area contributed by atoms with Crippen LogP contribution < -0.4 is 5.32 Å². The molecule has 0 spiro atoms. The van der Waals surface area contributed by atoms with E-state index in [-0.39, 0.29) is 24.8 Å². The molecule has 1 N–H and O–H groups in total. The van der Waals surface area contributed by atoms with E-state index in [9.17, 15) is 9.59 Å². The molecule has 184 valence electrons. The largest absolute Gasteiger partial charge is 0.350 e. The molecule has 3 aromatic carbocycles. The summed E-state index contributed by atoms with van der Waals surface area (Å²) >= 11 is 13.0. The van der Waals surface area contributed by atoms with Crippen molar-refractivity contribution in [3.05, 3.63) is 105 Å². The summed E-state index contributed by atoms with van der Waals surface area (Å²) < 4.78 is 0. The van der Waals surface area contributed by atoms with Crippen molar-refractivity contribution in [2.45, 2.75) is 58.7 Å². The van der Waals surface area contributed by atoms with Crippen LogP contribution in [0, 0.1) is 6.92 Å². The lowest BCUT2D eigenvalue weighted by molar-refractivity contribution is -0.141. The number of amides is 2. The van der Waals surface area contributed by atoms with Gasteiger partial charge in [0.15, 0.2) is 0 Å². The van der Waals surface area contributed by atoms with Gasteiger partial charge in [-0.2, -0.15) is 0 Å². The number of nitrogens with zero attached hydrogens (tertiary/aromatic N) is 1. The smallest absolute Gasteiger partial charge is 0.243 e. The van der Waals surface area contributed by atoms with Gasteiger partial charge in [-0.1, -0.05) is 83.9 Å². The molecule has 35 heavy (non-hydrogen) atoms. The van der Waals surface area contributed by atoms with Crippen molar-refractivity contribution < 1.29 is 9.59 Å². The molecule has 0 aliphatic heterocycles. The van der Waals surface area contributed by atoms with Crippen molar-refractivity contribution in [3.63, 3.8) is 0 Å². The van der Waals surface area contributed by atoms with Gasteiger partial charge in [0.05, 0.1) is 6.42 Å². The molecular weight excluding hydrogens is 479 g/mol. The van der Waals surface area contributed by atoms with Gasteiger partial charge in [0, 0.05) is 34.1 Å². The molecule has 0 unspecified atom stereocenters. The number of carbonyl (C=O) groups excluding carboxylic acids is 2. The number of nitrogens with one attached hydrogen (secondary N) is 1. The average Bonchev–Trinajstić information content (AvgIpc) is 2.79. The molecule has 3 aromatic rings. The van der Waals surface area contributed by atoms with Crippen molar-refractivity contribution in [2.75, 3.05) is 0 Å². The summed E-state index contributed by atoms with van der Waals surface area (Å²) in [5.74, 6) is -0.386. The number of hydrogen-bond acceptors (Lipinski definition) is 2. The average molecular weight is 511 g/mol. The molecule has 6 heteroatoms. The zero-order chi connectivity index (χ0) is 25.6. The molecule has 0 saturated carbocycles. The second-order valence-corrected chi connectivity index (χ2v) is 10.6. The molecule has 0 heterocycles. The van der Waals surface area contributed by atoms with E-state index < -0.39 is 11.6 Å². The lowest BCUT2D eigenvalue weighted by Gasteiger charge is -2.34. The number of hydrogen-bond donors (Lipinski definition) is 1. The van der Waals surface area contributed by atoms with Gasteiger partial charge in [-0.05, 0) is 56.5 Å². The van der Waals surface area contributed by atoms with Gasteiger partial charge in [-0.3, -0.25) is 9.59 Å². The Bertz CT molecular complexity index is 1150. The second-order valence-electron chi connectivity index (χ2n) is 9.77. The fraction of sp³-hybridized carbons (Fsp3) is 0.310. The van der Waals surface area contributed by atoms with Crippen LogP contribution in [0.5, 0.6) is 0 Å². The molecule has 0 aromatic heterocycles. The van der Waals surface area contributed by atoms with Crippen LogP contribution in [0.25, 0.3) is 0 Å². The Morgan fingerprint density at radius 1 is 0.886 bits per heavy atom. The summed E-state index contributed by atoms with van der Waals surface area (Å²) in [7, 11) is 0. The molecular formula is C29H32Cl2N2O2. The van der Waals surface area contributed by atoms with Crippen molar-refractivity contribution in [2.24, 2.45) is 0 Å². The molecule has 0 aliphatic rings. The van der Waals surface area contributed by atoms with Crippen molar-refractivity contribution in [1.29, 1.82) is 0 Å². The zero-order valence-electron chi connectivity index (χ0n) is 20.6. The number of halogens is 2. The lowest BCUT2D eigenvalue weighted by Crippen LogP contribution is -2.54. The van der Waals surface area contributed by atoms with Gasteiger partial charge < -0.3 is 10.2 Å². The van der Waals surface area contributed by atoms with Crippen LogP contribution in [0.2, 0.25) is 10.0 Å². The molecule has 2 amide bonds. The number of carbonyl (C=O) groups is 2. The number of aryl methyl sites for hydroxylation is 1. The molecule has 0 bridgehead atoms.